The molecule has 10 heteroatoms. The third kappa shape index (κ3) is 5.33. The van der Waals surface area contributed by atoms with Crippen molar-refractivity contribution >= 4 is 60.9 Å². The standard InChI is InChI=1S/C29H25Br2N3O4S/c1-5-37-28(36)25-16(2)32-29-34(26(25)17-6-9-19(10-7-17)33(3)4)27(35)24(39-29)15-20-11-13-23(38-20)21-14-18(30)8-12-22(21)31/h6-15,26H,5H2,1-4H3/b24-15+/t26-/m1/s1. The largest absolute Gasteiger partial charge is 0.463 e. The Labute approximate surface area is 246 Å². The van der Waals surface area contributed by atoms with Gasteiger partial charge in [-0.1, -0.05) is 55.3 Å². The van der Waals surface area contributed by atoms with Crippen molar-refractivity contribution in [2.75, 3.05) is 25.6 Å². The van der Waals surface area contributed by atoms with Gasteiger partial charge in [0, 0.05) is 40.4 Å². The summed E-state index contributed by atoms with van der Waals surface area (Å²) in [4.78, 5) is 34.1. The van der Waals surface area contributed by atoms with Gasteiger partial charge in [-0.25, -0.2) is 9.79 Å². The second kappa shape index (κ2) is 11.1. The van der Waals surface area contributed by atoms with Gasteiger partial charge in [-0.3, -0.25) is 9.36 Å². The van der Waals surface area contributed by atoms with E-state index in [1.54, 1.807) is 24.5 Å². The van der Waals surface area contributed by atoms with Crippen LogP contribution in [0.3, 0.4) is 0 Å². The molecule has 39 heavy (non-hydrogen) atoms. The van der Waals surface area contributed by atoms with Crippen LogP contribution in [0.5, 0.6) is 0 Å². The smallest absolute Gasteiger partial charge is 0.338 e. The number of nitrogens with zero attached hydrogens (tertiary/aromatic N) is 3. The third-order valence-electron chi connectivity index (χ3n) is 6.34. The number of halogens is 2. The second-order valence-corrected chi connectivity index (χ2v) is 11.9. The minimum atomic E-state index is -0.663. The van der Waals surface area contributed by atoms with E-state index in [9.17, 15) is 9.59 Å². The molecule has 0 saturated heterocycles. The number of anilines is 1. The van der Waals surface area contributed by atoms with Crippen LogP contribution in [0.4, 0.5) is 5.69 Å². The lowest BCUT2D eigenvalue weighted by atomic mass is 9.95. The zero-order chi connectivity index (χ0) is 27.8. The summed E-state index contributed by atoms with van der Waals surface area (Å²) in [7, 11) is 3.92. The zero-order valence-electron chi connectivity index (χ0n) is 21.7. The maximum atomic E-state index is 13.8. The molecule has 3 heterocycles. The fraction of sp³-hybridized carbons (Fsp3) is 0.207. The summed E-state index contributed by atoms with van der Waals surface area (Å²) in [6.07, 6.45) is 1.72. The van der Waals surface area contributed by atoms with Crippen molar-refractivity contribution in [2.24, 2.45) is 4.99 Å². The van der Waals surface area contributed by atoms with Gasteiger partial charge >= 0.3 is 5.97 Å². The Morgan fingerprint density at radius 2 is 1.90 bits per heavy atom. The number of thiazole rings is 1. The highest BCUT2D eigenvalue weighted by Gasteiger charge is 2.33. The molecule has 0 unspecified atom stereocenters. The van der Waals surface area contributed by atoms with E-state index in [0.29, 0.717) is 32.1 Å². The normalized spacial score (nSPS) is 15.2. The number of hydrogen-bond donors (Lipinski definition) is 0. The molecule has 2 aromatic carbocycles. The summed E-state index contributed by atoms with van der Waals surface area (Å²) < 4.78 is 15.3. The average Bonchev–Trinajstić information content (AvgIpc) is 3.49. The molecule has 4 aromatic rings. The number of rotatable bonds is 6. The monoisotopic (exact) mass is 669 g/mol. The van der Waals surface area contributed by atoms with Crippen molar-refractivity contribution in [1.82, 2.24) is 4.57 Å². The highest BCUT2D eigenvalue weighted by molar-refractivity contribution is 9.11. The first-order valence-electron chi connectivity index (χ1n) is 12.2. The molecule has 0 N–H and O–H groups in total. The molecule has 2 aromatic heterocycles. The molecule has 1 aliphatic heterocycles. The molecule has 0 fully saturated rings. The Hall–Kier alpha value is -3.21. The zero-order valence-corrected chi connectivity index (χ0v) is 25.7. The first-order valence-corrected chi connectivity index (χ1v) is 14.6. The summed E-state index contributed by atoms with van der Waals surface area (Å²) in [6, 6.07) is 16.7. The molecular formula is C29H25Br2N3O4S. The summed E-state index contributed by atoms with van der Waals surface area (Å²) in [6.45, 7) is 3.76. The molecule has 0 bridgehead atoms. The molecule has 1 atom stereocenters. The number of ether oxygens (including phenoxy) is 1. The van der Waals surface area contributed by atoms with Gasteiger partial charge in [-0.2, -0.15) is 0 Å². The summed E-state index contributed by atoms with van der Waals surface area (Å²) >= 11 is 8.33. The van der Waals surface area contributed by atoms with E-state index in [-0.39, 0.29) is 12.2 Å². The predicted molar refractivity (Wildman–Crippen MR) is 161 cm³/mol. The number of carbonyl (C=O) groups is 1. The van der Waals surface area contributed by atoms with Crippen molar-refractivity contribution in [3.05, 3.63) is 106 Å². The van der Waals surface area contributed by atoms with Gasteiger partial charge in [0.15, 0.2) is 4.80 Å². The van der Waals surface area contributed by atoms with Crippen LogP contribution in [0.25, 0.3) is 17.4 Å². The number of hydrogen-bond acceptors (Lipinski definition) is 7. The van der Waals surface area contributed by atoms with E-state index in [2.05, 4.69) is 36.9 Å². The van der Waals surface area contributed by atoms with Crippen molar-refractivity contribution in [3.8, 4) is 11.3 Å². The van der Waals surface area contributed by atoms with Crippen molar-refractivity contribution < 1.29 is 13.9 Å². The van der Waals surface area contributed by atoms with Crippen LogP contribution >= 0.6 is 43.2 Å². The number of fused-ring (bicyclic) bond motifs is 1. The maximum absolute atomic E-state index is 13.8. The van der Waals surface area contributed by atoms with Crippen LogP contribution in [0.2, 0.25) is 0 Å². The van der Waals surface area contributed by atoms with E-state index in [1.165, 1.54) is 11.3 Å². The Morgan fingerprint density at radius 3 is 2.59 bits per heavy atom. The van der Waals surface area contributed by atoms with E-state index >= 15 is 0 Å². The van der Waals surface area contributed by atoms with Crippen LogP contribution in [0.1, 0.15) is 31.2 Å². The second-order valence-electron chi connectivity index (χ2n) is 9.11. The Bertz CT molecular complexity index is 1780. The first-order chi connectivity index (χ1) is 18.7. The van der Waals surface area contributed by atoms with E-state index in [4.69, 9.17) is 9.15 Å². The van der Waals surface area contributed by atoms with E-state index < -0.39 is 12.0 Å². The van der Waals surface area contributed by atoms with Gasteiger partial charge in [0.2, 0.25) is 0 Å². The average molecular weight is 671 g/mol. The minimum Gasteiger partial charge on any atom is -0.463 e. The van der Waals surface area contributed by atoms with Crippen LogP contribution < -0.4 is 19.8 Å². The van der Waals surface area contributed by atoms with Crippen LogP contribution in [0, 0.1) is 0 Å². The molecular weight excluding hydrogens is 646 g/mol. The fourth-order valence-electron chi connectivity index (χ4n) is 4.45. The first kappa shape index (κ1) is 27.4. The van der Waals surface area contributed by atoms with Crippen molar-refractivity contribution in [1.29, 1.82) is 0 Å². The topological polar surface area (TPSA) is 77.0 Å². The van der Waals surface area contributed by atoms with Crippen LogP contribution in [-0.2, 0) is 9.53 Å². The van der Waals surface area contributed by atoms with Crippen LogP contribution in [-0.4, -0.2) is 31.2 Å². The predicted octanol–water partition coefficient (Wildman–Crippen LogP) is 5.65. The lowest BCUT2D eigenvalue weighted by Crippen LogP contribution is -2.39. The van der Waals surface area contributed by atoms with Crippen LogP contribution in [0.15, 0.2) is 89.0 Å². The van der Waals surface area contributed by atoms with Crippen molar-refractivity contribution in [2.45, 2.75) is 19.9 Å². The van der Waals surface area contributed by atoms with Gasteiger partial charge in [0.05, 0.1) is 28.5 Å². The van der Waals surface area contributed by atoms with Gasteiger partial charge in [0.1, 0.15) is 11.5 Å². The van der Waals surface area contributed by atoms with Crippen molar-refractivity contribution in [3.63, 3.8) is 0 Å². The summed E-state index contributed by atoms with van der Waals surface area (Å²) in [5.41, 5.74) is 3.33. The molecule has 0 amide bonds. The molecule has 200 valence electrons. The minimum absolute atomic E-state index is 0.223. The highest BCUT2D eigenvalue weighted by atomic mass is 79.9. The summed E-state index contributed by atoms with van der Waals surface area (Å²) in [5, 5.41) is 0. The Balaban J connectivity index is 1.63. The molecule has 1 aliphatic rings. The number of allylic oxidation sites excluding steroid dienone is 1. The van der Waals surface area contributed by atoms with Gasteiger partial charge in [0.25, 0.3) is 5.56 Å². The molecule has 0 saturated carbocycles. The van der Waals surface area contributed by atoms with Gasteiger partial charge < -0.3 is 14.1 Å². The number of benzene rings is 2. The lowest BCUT2D eigenvalue weighted by molar-refractivity contribution is -0.139. The Morgan fingerprint density at radius 1 is 1.15 bits per heavy atom. The lowest BCUT2D eigenvalue weighted by Gasteiger charge is -2.25. The molecule has 0 radical (unpaired) electrons. The Kier molecular flexibility index (Phi) is 7.80. The van der Waals surface area contributed by atoms with Gasteiger partial charge in [-0.05, 0) is 61.9 Å². The molecule has 5 rings (SSSR count). The fourth-order valence-corrected chi connectivity index (χ4v) is 6.28. The van der Waals surface area contributed by atoms with E-state index in [1.807, 2.05) is 73.6 Å². The number of carbonyl (C=O) groups excluding carboxylic acids is 1. The van der Waals surface area contributed by atoms with E-state index in [0.717, 1.165) is 25.8 Å². The molecule has 0 aliphatic carbocycles. The third-order valence-corrected chi connectivity index (χ3v) is 8.50. The quantitative estimate of drug-likeness (QED) is 0.248. The SMILES string of the molecule is CCOC(=O)C1=C(C)N=c2s/c(=C/c3ccc(-c4cc(Br)ccc4Br)o3)c(=O)n2[C@@H]1c1ccc(N(C)C)cc1. The number of aromatic nitrogens is 1. The molecule has 0 spiro atoms. The highest BCUT2D eigenvalue weighted by Crippen LogP contribution is 2.33. The number of esters is 1. The maximum Gasteiger partial charge on any atom is 0.338 e. The van der Waals surface area contributed by atoms with Gasteiger partial charge in [-0.15, -0.1) is 0 Å². The molecule has 7 nitrogen and oxygen atoms in total. The number of furan rings is 1. The summed E-state index contributed by atoms with van der Waals surface area (Å²) in [5.74, 6) is 0.724.